The van der Waals surface area contributed by atoms with Crippen LogP contribution >= 0.6 is 31.0 Å². The van der Waals surface area contributed by atoms with Gasteiger partial charge in [0.05, 0.1) is 0 Å². The van der Waals surface area contributed by atoms with Gasteiger partial charge in [-0.25, -0.2) is 40.3 Å². The molecule has 0 bridgehead atoms. The molecule has 0 saturated heterocycles. The van der Waals surface area contributed by atoms with Crippen LogP contribution in [0.2, 0.25) is 0 Å². The summed E-state index contributed by atoms with van der Waals surface area (Å²) in [4.78, 5) is 59.3. The van der Waals surface area contributed by atoms with E-state index in [9.17, 15) is 0 Å². The Balaban J connectivity index is -0.0000000533. The Morgan fingerprint density at radius 2 is 0.429 bits per heavy atom. The summed E-state index contributed by atoms with van der Waals surface area (Å²) in [5, 5.41) is 0. The van der Waals surface area contributed by atoms with Crippen molar-refractivity contribution in [2.24, 2.45) is 22.0 Å². The molecule has 21 heavy (non-hydrogen) atoms. The molecule has 16 nitrogen and oxygen atoms in total. The van der Waals surface area contributed by atoms with E-state index < -0.39 is 31.0 Å². The Bertz CT molecular complexity index is 298. The van der Waals surface area contributed by atoms with Gasteiger partial charge in [-0.2, -0.15) is 0 Å². The van der Waals surface area contributed by atoms with E-state index in [1.54, 1.807) is 0 Å². The summed E-state index contributed by atoms with van der Waals surface area (Å²) in [6, 6.07) is 0. The molecule has 0 radical (unpaired) electrons. The minimum atomic E-state index is -4.14. The van der Waals surface area contributed by atoms with Crippen LogP contribution in [0.15, 0.2) is 0 Å². The maximum Gasteiger partial charge on any atom is 0.397 e. The second kappa shape index (κ2) is 13.5. The van der Waals surface area contributed by atoms with E-state index in [1.165, 1.54) is 0 Å². The van der Waals surface area contributed by atoms with Crippen LogP contribution in [-0.4, -0.2) is 39.1 Å². The molecule has 0 saturated carbocycles. The largest absolute Gasteiger partial charge is 0.397 e. The first-order valence-electron chi connectivity index (χ1n) is 3.36. The predicted octanol–water partition coefficient (Wildman–Crippen LogP) is -3.85. The minimum Gasteiger partial charge on any atom is -0.313 e. The number of rotatable bonds is 0. The van der Waals surface area contributed by atoms with Crippen molar-refractivity contribution in [2.75, 3.05) is 0 Å². The van der Waals surface area contributed by atoms with Gasteiger partial charge in [-0.3, -0.25) is 0 Å². The zero-order valence-corrected chi connectivity index (χ0v) is 16.6. The zero-order valence-electron chi connectivity index (χ0n) is 10.0. The Morgan fingerprint density at radius 1 is 0.429 bits per heavy atom. The van der Waals surface area contributed by atoms with Crippen LogP contribution in [0.25, 0.3) is 0 Å². The van der Waals surface area contributed by atoms with Gasteiger partial charge in [0.25, 0.3) is 0 Å². The topological polar surface area (TPSA) is 334 Å². The first-order valence-corrected chi connectivity index (χ1v) is 10.1. The maximum absolute atomic E-state index is 9.10. The van der Waals surface area contributed by atoms with Gasteiger partial charge in [0.2, 0.25) is 0 Å². The molecule has 21 heteroatoms. The first kappa shape index (κ1) is 33.6. The molecule has 0 rings (SSSR count). The van der Waals surface area contributed by atoms with Crippen molar-refractivity contribution in [1.82, 2.24) is 0 Å². The third-order valence-electron chi connectivity index (χ3n) is 0. The molecule has 0 heterocycles. The molecule has 0 aliphatic rings. The fraction of sp³-hybridized carbons (Fsp3) is 0. The van der Waals surface area contributed by atoms with Crippen LogP contribution in [0.3, 0.4) is 0 Å². The summed E-state index contributed by atoms with van der Waals surface area (Å²) in [5.74, 6) is 0. The van der Waals surface area contributed by atoms with Gasteiger partial charge in [-0.15, -0.1) is 0 Å². The number of hydrogen-bond acceptors (Lipinski definition) is 4. The average Bonchev–Trinajstić information content (AvgIpc) is 1.62. The second-order valence-electron chi connectivity index (χ2n) is 2.36. The van der Waals surface area contributed by atoms with Gasteiger partial charge < -0.3 is 39.1 Å². The van der Waals surface area contributed by atoms with Crippen molar-refractivity contribution in [3.63, 3.8) is 0 Å². The Kier molecular flexibility index (Phi) is 21.6. The van der Waals surface area contributed by atoms with Crippen molar-refractivity contribution in [3.8, 4) is 0 Å². The van der Waals surface area contributed by atoms with Crippen molar-refractivity contribution in [1.29, 1.82) is 0 Å². The van der Waals surface area contributed by atoms with Gasteiger partial charge in [-0.1, -0.05) is 0 Å². The quantitative estimate of drug-likeness (QED) is 0.123. The van der Waals surface area contributed by atoms with E-state index in [0.717, 1.165) is 0 Å². The molecule has 0 aromatic carbocycles. The summed E-state index contributed by atoms with van der Waals surface area (Å²) >= 11 is 0. The van der Waals surface area contributed by atoms with Crippen LogP contribution in [0.1, 0.15) is 0 Å². The van der Waals surface area contributed by atoms with Crippen molar-refractivity contribution in [2.45, 2.75) is 0 Å². The monoisotopic (exact) mass is 452 g/mol. The van der Waals surface area contributed by atoms with E-state index in [2.05, 4.69) is 22.0 Å². The average molecular weight is 453 g/mol. The number of hydrogen-bond donors (Lipinski definition) is 12. The molecule has 0 unspecified atom stereocenters. The van der Waals surface area contributed by atoms with Gasteiger partial charge in [-0.05, 0) is 0 Å². The zero-order chi connectivity index (χ0) is 18.0. The summed E-state index contributed by atoms with van der Waals surface area (Å²) < 4.78 is 36.4. The summed E-state index contributed by atoms with van der Waals surface area (Å²) in [7, 11) is -16.6. The maximum atomic E-state index is 9.10. The molecule has 0 spiro atoms. The summed E-state index contributed by atoms with van der Waals surface area (Å²) in [6.07, 6.45) is 0. The molecule has 0 atom stereocenters. The van der Waals surface area contributed by atoms with E-state index in [1.807, 2.05) is 0 Å². The van der Waals surface area contributed by atoms with Crippen molar-refractivity contribution >= 4 is 31.0 Å². The van der Waals surface area contributed by atoms with Gasteiger partial charge in [0.1, 0.15) is 0 Å². The Labute approximate surface area is 130 Å². The third kappa shape index (κ3) is 6770. The fourth-order valence-electron chi connectivity index (χ4n) is 0. The molecule has 0 amide bonds. The molecule has 0 aromatic heterocycles. The fourth-order valence-corrected chi connectivity index (χ4v) is 0. The molecule has 0 aromatic rings. The van der Waals surface area contributed by atoms with Crippen LogP contribution < -0.4 is 22.0 Å². The predicted molar refractivity (Wildman–Crippen MR) is 64.9 cm³/mol. The molecule has 0 aliphatic heterocycles. The van der Waals surface area contributed by atoms with Gasteiger partial charge >= 0.3 is 31.0 Å². The minimum absolute atomic E-state index is 0. The smallest absolute Gasteiger partial charge is 0.313 e. The Morgan fingerprint density at radius 3 is 0.429 bits per heavy atom. The molecule has 16 N–H and O–H groups in total. The Hall–Kier alpha value is 1.06. The van der Waals surface area contributed by atoms with Crippen LogP contribution in [0, 0.1) is 0 Å². The number of nitrogens with two attached hydrogens (primary N) is 4. The van der Waals surface area contributed by atoms with Crippen molar-refractivity contribution in [3.05, 3.63) is 0 Å². The second-order valence-corrected chi connectivity index (χ2v) is 7.07. The summed E-state index contributed by atoms with van der Waals surface area (Å²) in [5.41, 5.74) is 16.1. The van der Waals surface area contributed by atoms with Crippen LogP contribution in [-0.2, 0) is 37.7 Å². The van der Waals surface area contributed by atoms with Crippen LogP contribution in [0.5, 0.6) is 0 Å². The molecular formula is H16N4O12P4Zn. The third-order valence-corrected chi connectivity index (χ3v) is 0. The summed E-state index contributed by atoms with van der Waals surface area (Å²) in [6.45, 7) is 0. The molecular weight excluding hydrogens is 437 g/mol. The van der Waals surface area contributed by atoms with Crippen LogP contribution in [0.4, 0.5) is 0 Å². The SMILES string of the molecule is NP(=O)(O)O.NP(=O)(O)O.NP(=O)(O)O.NP(=O)(O)O.[Zn]. The molecule has 0 aliphatic carbocycles. The van der Waals surface area contributed by atoms with E-state index in [-0.39, 0.29) is 19.5 Å². The molecule has 130 valence electrons. The molecule has 0 fully saturated rings. The van der Waals surface area contributed by atoms with Crippen molar-refractivity contribution < 1.29 is 76.9 Å². The van der Waals surface area contributed by atoms with E-state index in [4.69, 9.17) is 57.4 Å². The standard InChI is InChI=1S/4H4NO3P.Zn/c4*1-5(2,3)4;/h4*(H4,1,2,3,4);. The normalized spacial score (nSPS) is 11.2. The van der Waals surface area contributed by atoms with Gasteiger partial charge in [0.15, 0.2) is 0 Å². The van der Waals surface area contributed by atoms with E-state index >= 15 is 0 Å². The first-order chi connectivity index (χ1) is 8.00. The van der Waals surface area contributed by atoms with Gasteiger partial charge in [0, 0.05) is 19.5 Å². The van der Waals surface area contributed by atoms with E-state index in [0.29, 0.717) is 0 Å².